The molecule has 1 unspecified atom stereocenters. The number of methoxy groups -OCH3 is 1. The van der Waals surface area contributed by atoms with Gasteiger partial charge in [-0.25, -0.2) is 9.59 Å². The van der Waals surface area contributed by atoms with Crippen molar-refractivity contribution in [2.75, 3.05) is 20.7 Å². The smallest absolute Gasteiger partial charge is 0.334 e. The van der Waals surface area contributed by atoms with Crippen molar-refractivity contribution in [1.82, 2.24) is 15.2 Å². The van der Waals surface area contributed by atoms with E-state index >= 15 is 0 Å². The van der Waals surface area contributed by atoms with Crippen LogP contribution >= 0.6 is 0 Å². The van der Waals surface area contributed by atoms with Gasteiger partial charge in [-0.1, -0.05) is 6.07 Å². The molecule has 0 saturated carbocycles. The highest BCUT2D eigenvalue weighted by atomic mass is 16.5. The van der Waals surface area contributed by atoms with E-state index in [0.29, 0.717) is 6.54 Å². The average molecular weight is 281 g/mol. The van der Waals surface area contributed by atoms with Gasteiger partial charge in [0.05, 0.1) is 18.8 Å². The molecule has 1 heterocycles. The molecular weight excluding hydrogens is 262 g/mol. The van der Waals surface area contributed by atoms with E-state index in [1.165, 1.54) is 12.0 Å². The van der Waals surface area contributed by atoms with Crippen LogP contribution < -0.4 is 5.32 Å². The number of amides is 2. The van der Waals surface area contributed by atoms with E-state index in [-0.39, 0.29) is 12.6 Å². The molecule has 110 valence electrons. The van der Waals surface area contributed by atoms with Gasteiger partial charge in [-0.05, 0) is 19.1 Å². The minimum absolute atomic E-state index is 0.0871. The number of carboxylic acids is 1. The van der Waals surface area contributed by atoms with Crippen molar-refractivity contribution < 1.29 is 19.4 Å². The van der Waals surface area contributed by atoms with E-state index < -0.39 is 12.1 Å². The number of ether oxygens (including phenoxy) is 1. The van der Waals surface area contributed by atoms with Crippen LogP contribution in [0.4, 0.5) is 4.79 Å². The Labute approximate surface area is 117 Å². The summed E-state index contributed by atoms with van der Waals surface area (Å²) in [5.41, 5.74) is 1.64. The number of nitrogens with one attached hydrogen (secondary N) is 1. The molecule has 0 radical (unpaired) electrons. The third kappa shape index (κ3) is 4.85. The van der Waals surface area contributed by atoms with E-state index in [9.17, 15) is 9.59 Å². The van der Waals surface area contributed by atoms with Crippen molar-refractivity contribution in [1.29, 1.82) is 0 Å². The predicted octanol–water partition coefficient (Wildman–Crippen LogP) is 0.631. The lowest BCUT2D eigenvalue weighted by Gasteiger charge is -2.19. The maximum Gasteiger partial charge on any atom is 0.334 e. The minimum Gasteiger partial charge on any atom is -0.479 e. The van der Waals surface area contributed by atoms with E-state index in [4.69, 9.17) is 9.84 Å². The van der Waals surface area contributed by atoms with Gasteiger partial charge in [0.2, 0.25) is 0 Å². The normalized spacial score (nSPS) is 11.8. The van der Waals surface area contributed by atoms with Crippen LogP contribution in [0.2, 0.25) is 0 Å². The first kappa shape index (κ1) is 15.9. The van der Waals surface area contributed by atoms with Gasteiger partial charge in [0, 0.05) is 19.9 Å². The molecule has 20 heavy (non-hydrogen) atoms. The maximum absolute atomic E-state index is 11.8. The van der Waals surface area contributed by atoms with Crippen molar-refractivity contribution in [3.05, 3.63) is 29.6 Å². The number of pyridine rings is 1. The molecule has 7 nitrogen and oxygen atoms in total. The summed E-state index contributed by atoms with van der Waals surface area (Å²) < 4.78 is 4.73. The van der Waals surface area contributed by atoms with Gasteiger partial charge in [0.1, 0.15) is 0 Å². The molecule has 0 aliphatic carbocycles. The van der Waals surface area contributed by atoms with Crippen LogP contribution in [0.25, 0.3) is 0 Å². The molecule has 0 bridgehead atoms. The van der Waals surface area contributed by atoms with Gasteiger partial charge in [0.15, 0.2) is 6.10 Å². The van der Waals surface area contributed by atoms with Gasteiger partial charge in [0.25, 0.3) is 0 Å². The standard InChI is InChI=1S/C13H19N3O4/c1-9-5-4-6-10(15-9)8-16(2)13(19)14-7-11(20-3)12(17)18/h4-6,11H,7-8H2,1-3H3,(H,14,19)(H,17,18). The van der Waals surface area contributed by atoms with Gasteiger partial charge in [-0.15, -0.1) is 0 Å². The Bertz CT molecular complexity index is 478. The second-order valence-electron chi connectivity index (χ2n) is 4.38. The average Bonchev–Trinajstić information content (AvgIpc) is 2.38. The summed E-state index contributed by atoms with van der Waals surface area (Å²) in [6, 6.07) is 5.19. The van der Waals surface area contributed by atoms with E-state index in [2.05, 4.69) is 10.3 Å². The molecule has 2 N–H and O–H groups in total. The molecule has 1 aromatic heterocycles. The van der Waals surface area contributed by atoms with Crippen LogP contribution in [0.3, 0.4) is 0 Å². The molecule has 7 heteroatoms. The fourth-order valence-electron chi connectivity index (χ4n) is 1.59. The molecule has 0 aliphatic rings. The molecule has 0 fully saturated rings. The summed E-state index contributed by atoms with van der Waals surface area (Å²) >= 11 is 0. The van der Waals surface area contributed by atoms with Crippen LogP contribution in [-0.4, -0.2) is 53.8 Å². The third-order valence-electron chi connectivity index (χ3n) is 2.69. The fraction of sp³-hybridized carbons (Fsp3) is 0.462. The Hall–Kier alpha value is -2.15. The number of carbonyl (C=O) groups is 2. The summed E-state index contributed by atoms with van der Waals surface area (Å²) in [4.78, 5) is 28.3. The van der Waals surface area contributed by atoms with E-state index in [1.807, 2.05) is 25.1 Å². The monoisotopic (exact) mass is 281 g/mol. The first-order chi connectivity index (χ1) is 9.43. The zero-order chi connectivity index (χ0) is 15.1. The number of nitrogens with zero attached hydrogens (tertiary/aromatic N) is 2. The zero-order valence-corrected chi connectivity index (χ0v) is 11.8. The molecule has 0 aliphatic heterocycles. The lowest BCUT2D eigenvalue weighted by atomic mass is 10.3. The summed E-state index contributed by atoms with van der Waals surface area (Å²) in [5, 5.41) is 11.3. The quantitative estimate of drug-likeness (QED) is 0.798. The Morgan fingerprint density at radius 1 is 1.50 bits per heavy atom. The summed E-state index contributed by atoms with van der Waals surface area (Å²) in [6.45, 7) is 2.13. The zero-order valence-electron chi connectivity index (χ0n) is 11.8. The minimum atomic E-state index is -1.11. The summed E-state index contributed by atoms with van der Waals surface area (Å²) in [7, 11) is 2.90. The third-order valence-corrected chi connectivity index (χ3v) is 2.69. The van der Waals surface area contributed by atoms with Crippen molar-refractivity contribution in [3.63, 3.8) is 0 Å². The second kappa shape index (κ2) is 7.44. The number of aryl methyl sites for hydroxylation is 1. The number of carbonyl (C=O) groups excluding carboxylic acids is 1. The molecule has 0 spiro atoms. The Balaban J connectivity index is 2.49. The van der Waals surface area contributed by atoms with Crippen molar-refractivity contribution in [2.24, 2.45) is 0 Å². The first-order valence-corrected chi connectivity index (χ1v) is 6.11. The number of carboxylic acid groups (broad SMARTS) is 1. The van der Waals surface area contributed by atoms with E-state index in [1.54, 1.807) is 7.05 Å². The first-order valence-electron chi connectivity index (χ1n) is 6.11. The van der Waals surface area contributed by atoms with Gasteiger partial charge in [-0.3, -0.25) is 4.98 Å². The molecule has 1 atom stereocenters. The van der Waals surface area contributed by atoms with Crippen LogP contribution in [0.5, 0.6) is 0 Å². The topological polar surface area (TPSA) is 91.8 Å². The van der Waals surface area contributed by atoms with Gasteiger partial charge < -0.3 is 20.1 Å². The summed E-state index contributed by atoms with van der Waals surface area (Å²) in [6.07, 6.45) is -1.05. The molecule has 1 aromatic rings. The number of aliphatic carboxylic acids is 1. The van der Waals surface area contributed by atoms with Gasteiger partial charge >= 0.3 is 12.0 Å². The second-order valence-corrected chi connectivity index (χ2v) is 4.38. The highest BCUT2D eigenvalue weighted by Gasteiger charge is 2.18. The summed E-state index contributed by atoms with van der Waals surface area (Å²) in [5.74, 6) is -1.11. The Kier molecular flexibility index (Phi) is 5.92. The molecular formula is C13H19N3O4. The lowest BCUT2D eigenvalue weighted by Crippen LogP contribution is -2.43. The highest BCUT2D eigenvalue weighted by Crippen LogP contribution is 2.02. The number of rotatable bonds is 6. The molecule has 0 aromatic carbocycles. The maximum atomic E-state index is 11.8. The van der Waals surface area contributed by atoms with Crippen molar-refractivity contribution in [2.45, 2.75) is 19.6 Å². The SMILES string of the molecule is COC(CNC(=O)N(C)Cc1cccc(C)n1)C(=O)O. The predicted molar refractivity (Wildman–Crippen MR) is 72.3 cm³/mol. The van der Waals surface area contributed by atoms with Crippen LogP contribution in [-0.2, 0) is 16.1 Å². The van der Waals surface area contributed by atoms with Crippen molar-refractivity contribution >= 4 is 12.0 Å². The largest absolute Gasteiger partial charge is 0.479 e. The van der Waals surface area contributed by atoms with Crippen LogP contribution in [0, 0.1) is 6.92 Å². The van der Waals surface area contributed by atoms with E-state index in [0.717, 1.165) is 11.4 Å². The van der Waals surface area contributed by atoms with Crippen LogP contribution in [0.15, 0.2) is 18.2 Å². The number of hydrogen-bond donors (Lipinski definition) is 2. The van der Waals surface area contributed by atoms with Crippen molar-refractivity contribution in [3.8, 4) is 0 Å². The number of hydrogen-bond acceptors (Lipinski definition) is 4. The Morgan fingerprint density at radius 2 is 2.20 bits per heavy atom. The molecule has 1 rings (SSSR count). The lowest BCUT2D eigenvalue weighted by molar-refractivity contribution is -0.148. The number of urea groups is 1. The molecule has 0 saturated heterocycles. The molecule has 2 amide bonds. The van der Waals surface area contributed by atoms with Crippen LogP contribution in [0.1, 0.15) is 11.4 Å². The fourth-order valence-corrected chi connectivity index (χ4v) is 1.59. The van der Waals surface area contributed by atoms with Gasteiger partial charge in [-0.2, -0.15) is 0 Å². The number of aromatic nitrogens is 1. The Morgan fingerprint density at radius 3 is 2.75 bits per heavy atom. The highest BCUT2D eigenvalue weighted by molar-refractivity contribution is 5.76.